The molecule has 4 aromatic rings. The van der Waals surface area contributed by atoms with Gasteiger partial charge in [0.2, 0.25) is 5.16 Å². The van der Waals surface area contributed by atoms with Crippen LogP contribution in [0.4, 0.5) is 13.2 Å². The van der Waals surface area contributed by atoms with E-state index in [0.29, 0.717) is 28.0 Å². The maximum Gasteiger partial charge on any atom is 0.573 e. The van der Waals surface area contributed by atoms with Crippen molar-refractivity contribution in [3.63, 3.8) is 0 Å². The number of halogens is 3. The number of nitrogens with zero attached hydrogens (tertiary/aromatic N) is 4. The molecule has 6 nitrogen and oxygen atoms in total. The van der Waals surface area contributed by atoms with Gasteiger partial charge in [-0.15, -0.1) is 23.4 Å². The summed E-state index contributed by atoms with van der Waals surface area (Å²) in [5.74, 6) is 1.59. The van der Waals surface area contributed by atoms with Gasteiger partial charge in [0.1, 0.15) is 11.5 Å². The van der Waals surface area contributed by atoms with Gasteiger partial charge in [0.05, 0.1) is 13.3 Å². The second kappa shape index (κ2) is 10.4. The van der Waals surface area contributed by atoms with Gasteiger partial charge in [0.25, 0.3) is 0 Å². The Morgan fingerprint density at radius 3 is 2.24 bits per heavy atom. The quantitative estimate of drug-likeness (QED) is 0.226. The maximum absolute atomic E-state index is 12.4. The van der Waals surface area contributed by atoms with Crippen molar-refractivity contribution in [1.82, 2.24) is 14.9 Å². The van der Waals surface area contributed by atoms with Crippen LogP contribution >= 0.6 is 11.8 Å². The summed E-state index contributed by atoms with van der Waals surface area (Å²) in [4.78, 5) is 0. The number of alkyl halides is 3. The van der Waals surface area contributed by atoms with Gasteiger partial charge in [-0.25, -0.2) is 0 Å². The van der Waals surface area contributed by atoms with Gasteiger partial charge in [-0.3, -0.25) is 0 Å². The third-order valence-corrected chi connectivity index (χ3v) is 5.60. The van der Waals surface area contributed by atoms with Crippen LogP contribution in [0.1, 0.15) is 11.1 Å². The Kier molecular flexibility index (Phi) is 7.17. The van der Waals surface area contributed by atoms with E-state index in [1.54, 1.807) is 11.8 Å². The van der Waals surface area contributed by atoms with Crippen molar-refractivity contribution in [2.75, 3.05) is 7.11 Å². The fourth-order valence-corrected chi connectivity index (χ4v) is 3.82. The number of hydrogen-bond acceptors (Lipinski definition) is 6. The van der Waals surface area contributed by atoms with E-state index in [2.05, 4.69) is 20.0 Å². The first-order valence-corrected chi connectivity index (χ1v) is 11.1. The molecule has 0 radical (unpaired) electrons. The van der Waals surface area contributed by atoms with Crippen molar-refractivity contribution < 1.29 is 22.6 Å². The van der Waals surface area contributed by atoms with Crippen molar-refractivity contribution in [2.45, 2.75) is 17.3 Å². The molecule has 3 aromatic carbocycles. The lowest BCUT2D eigenvalue weighted by molar-refractivity contribution is -0.274. The van der Waals surface area contributed by atoms with Gasteiger partial charge in [-0.1, -0.05) is 42.1 Å². The summed E-state index contributed by atoms with van der Waals surface area (Å²) in [6.07, 6.45) is -3.21. The van der Waals surface area contributed by atoms with Crippen LogP contribution in [0.5, 0.6) is 11.5 Å². The first kappa shape index (κ1) is 23.4. The number of benzene rings is 3. The molecule has 34 heavy (non-hydrogen) atoms. The Labute approximate surface area is 198 Å². The maximum atomic E-state index is 12.4. The molecule has 1 aromatic heterocycles. The van der Waals surface area contributed by atoms with Crippen LogP contribution in [0, 0.1) is 0 Å². The highest BCUT2D eigenvalue weighted by Crippen LogP contribution is 2.28. The molecule has 0 bridgehead atoms. The number of methoxy groups -OCH3 is 1. The van der Waals surface area contributed by atoms with E-state index in [9.17, 15) is 13.2 Å². The second-order valence-electron chi connectivity index (χ2n) is 6.98. The molecule has 0 N–H and O–H groups in total. The van der Waals surface area contributed by atoms with Crippen molar-refractivity contribution >= 4 is 18.0 Å². The van der Waals surface area contributed by atoms with E-state index in [0.717, 1.165) is 11.1 Å². The monoisotopic (exact) mass is 484 g/mol. The molecule has 0 saturated carbocycles. The molecule has 0 atom stereocenters. The van der Waals surface area contributed by atoms with E-state index in [-0.39, 0.29) is 5.75 Å². The van der Waals surface area contributed by atoms with Crippen LogP contribution in [-0.2, 0) is 5.75 Å². The van der Waals surface area contributed by atoms with E-state index in [1.807, 2.05) is 54.6 Å². The van der Waals surface area contributed by atoms with Gasteiger partial charge in [-0.05, 0) is 59.7 Å². The fourth-order valence-electron chi connectivity index (χ4n) is 2.98. The molecule has 174 valence electrons. The molecule has 0 saturated heterocycles. The zero-order valence-electron chi connectivity index (χ0n) is 17.9. The molecular weight excluding hydrogens is 465 g/mol. The molecule has 0 amide bonds. The summed E-state index contributed by atoms with van der Waals surface area (Å²) >= 11 is 1.47. The molecule has 1 heterocycles. The minimum atomic E-state index is -4.74. The predicted octanol–water partition coefficient (Wildman–Crippen LogP) is 6.03. The average molecular weight is 485 g/mol. The predicted molar refractivity (Wildman–Crippen MR) is 124 cm³/mol. The first-order valence-electron chi connectivity index (χ1n) is 10.1. The average Bonchev–Trinajstić information content (AvgIpc) is 3.25. The Hall–Kier alpha value is -3.79. The summed E-state index contributed by atoms with van der Waals surface area (Å²) in [5, 5.41) is 13.7. The minimum Gasteiger partial charge on any atom is -0.497 e. The van der Waals surface area contributed by atoms with Crippen molar-refractivity contribution in [1.29, 1.82) is 0 Å². The smallest absolute Gasteiger partial charge is 0.497 e. The Balaban J connectivity index is 1.61. The normalized spacial score (nSPS) is 11.6. The van der Waals surface area contributed by atoms with Crippen molar-refractivity contribution in [3.05, 3.63) is 90.0 Å². The third kappa shape index (κ3) is 6.16. The van der Waals surface area contributed by atoms with Crippen LogP contribution < -0.4 is 9.47 Å². The molecule has 0 unspecified atom stereocenters. The number of aromatic nitrogens is 3. The van der Waals surface area contributed by atoms with Gasteiger partial charge < -0.3 is 9.47 Å². The second-order valence-corrected chi connectivity index (χ2v) is 7.92. The molecule has 0 aliphatic carbocycles. The minimum absolute atomic E-state index is 0.299. The zero-order valence-corrected chi connectivity index (χ0v) is 18.8. The summed E-state index contributed by atoms with van der Waals surface area (Å²) in [5.41, 5.74) is 2.49. The van der Waals surface area contributed by atoms with Crippen LogP contribution in [0.2, 0.25) is 0 Å². The highest BCUT2D eigenvalue weighted by atomic mass is 32.2. The summed E-state index contributed by atoms with van der Waals surface area (Å²) in [7, 11) is 1.59. The lowest BCUT2D eigenvalue weighted by atomic mass is 10.2. The standard InChI is InChI=1S/C24H19F3N4O2S/c1-32-20-13-9-19(10-14-20)22-29-30-23(34-16-18-5-3-2-4-6-18)31(22)28-15-17-7-11-21(12-8-17)33-24(25,26)27/h2-15H,16H2,1H3. The fraction of sp³-hybridized carbons (Fsp3) is 0.125. The largest absolute Gasteiger partial charge is 0.573 e. The van der Waals surface area contributed by atoms with E-state index in [4.69, 9.17) is 4.74 Å². The van der Waals surface area contributed by atoms with E-state index >= 15 is 0 Å². The summed E-state index contributed by atoms with van der Waals surface area (Å²) in [6, 6.07) is 22.7. The molecule has 4 rings (SSSR count). The summed E-state index contributed by atoms with van der Waals surface area (Å²) in [6.45, 7) is 0. The van der Waals surface area contributed by atoms with E-state index in [1.165, 1.54) is 42.2 Å². The first-order chi connectivity index (χ1) is 16.4. The van der Waals surface area contributed by atoms with Gasteiger partial charge >= 0.3 is 6.36 Å². The summed E-state index contributed by atoms with van der Waals surface area (Å²) < 4.78 is 47.9. The van der Waals surface area contributed by atoms with E-state index < -0.39 is 6.36 Å². The molecule has 0 spiro atoms. The highest BCUT2D eigenvalue weighted by Gasteiger charge is 2.30. The highest BCUT2D eigenvalue weighted by molar-refractivity contribution is 7.98. The molecule has 0 aliphatic rings. The molecule has 0 fully saturated rings. The number of rotatable bonds is 8. The van der Waals surface area contributed by atoms with Gasteiger partial charge in [-0.2, -0.15) is 9.78 Å². The third-order valence-electron chi connectivity index (χ3n) is 4.61. The van der Waals surface area contributed by atoms with Gasteiger partial charge in [0, 0.05) is 11.3 Å². The van der Waals surface area contributed by atoms with Crippen LogP contribution in [0.3, 0.4) is 0 Å². The lowest BCUT2D eigenvalue weighted by Gasteiger charge is -2.08. The Morgan fingerprint density at radius 2 is 1.59 bits per heavy atom. The SMILES string of the molecule is COc1ccc(-c2nnc(SCc3ccccc3)n2N=Cc2ccc(OC(F)(F)F)cc2)cc1. The zero-order chi connectivity index (χ0) is 24.0. The van der Waals surface area contributed by atoms with Crippen molar-refractivity contribution in [2.24, 2.45) is 5.10 Å². The number of thioether (sulfide) groups is 1. The lowest BCUT2D eigenvalue weighted by Crippen LogP contribution is -2.17. The molecule has 10 heteroatoms. The van der Waals surface area contributed by atoms with Crippen LogP contribution in [-0.4, -0.2) is 34.6 Å². The molecule has 0 aliphatic heterocycles. The number of hydrogen-bond donors (Lipinski definition) is 0. The Bertz CT molecular complexity index is 1240. The number of ether oxygens (including phenoxy) is 2. The van der Waals surface area contributed by atoms with Gasteiger partial charge in [0.15, 0.2) is 5.82 Å². The molecular formula is C24H19F3N4O2S. The Morgan fingerprint density at radius 1 is 0.912 bits per heavy atom. The van der Waals surface area contributed by atoms with Crippen LogP contribution in [0.25, 0.3) is 11.4 Å². The topological polar surface area (TPSA) is 61.5 Å². The van der Waals surface area contributed by atoms with Crippen LogP contribution in [0.15, 0.2) is 89.1 Å². The van der Waals surface area contributed by atoms with Crippen molar-refractivity contribution in [3.8, 4) is 22.9 Å².